The van der Waals surface area contributed by atoms with Gasteiger partial charge in [-0.05, 0) is 36.6 Å². The van der Waals surface area contributed by atoms with Crippen LogP contribution in [0.5, 0.6) is 0 Å². The van der Waals surface area contributed by atoms with Crippen molar-refractivity contribution >= 4 is 5.78 Å². The van der Waals surface area contributed by atoms with E-state index in [0.29, 0.717) is 24.1 Å². The van der Waals surface area contributed by atoms with Crippen molar-refractivity contribution in [2.75, 3.05) is 0 Å². The maximum atomic E-state index is 12.6. The number of benzene rings is 1. The molecular formula is C15H13F3N2O. The monoisotopic (exact) mass is 294 g/mol. The van der Waals surface area contributed by atoms with Crippen molar-refractivity contribution in [2.45, 2.75) is 25.9 Å². The zero-order valence-corrected chi connectivity index (χ0v) is 11.3. The second-order valence-electron chi connectivity index (χ2n) is 5.40. The third-order valence-corrected chi connectivity index (χ3v) is 3.68. The first-order valence-electron chi connectivity index (χ1n) is 6.64. The SMILES string of the molecule is CC1CC(=O)c2cnn(-c3ccc(C(F)(F)F)cc3)c2C1. The molecule has 0 saturated heterocycles. The first kappa shape index (κ1) is 13.9. The summed E-state index contributed by atoms with van der Waals surface area (Å²) in [6.07, 6.45) is -1.67. The van der Waals surface area contributed by atoms with Gasteiger partial charge in [-0.15, -0.1) is 0 Å². The molecule has 0 N–H and O–H groups in total. The molecule has 1 unspecified atom stereocenters. The van der Waals surface area contributed by atoms with Gasteiger partial charge in [-0.3, -0.25) is 4.79 Å². The van der Waals surface area contributed by atoms with Crippen molar-refractivity contribution in [1.82, 2.24) is 9.78 Å². The molecular weight excluding hydrogens is 281 g/mol. The number of carbonyl (C=O) groups is 1. The fourth-order valence-corrected chi connectivity index (χ4v) is 2.65. The summed E-state index contributed by atoms with van der Waals surface area (Å²) in [7, 11) is 0. The highest BCUT2D eigenvalue weighted by Gasteiger charge is 2.30. The largest absolute Gasteiger partial charge is 0.416 e. The number of hydrogen-bond acceptors (Lipinski definition) is 2. The van der Waals surface area contributed by atoms with Gasteiger partial charge in [0.15, 0.2) is 5.78 Å². The smallest absolute Gasteiger partial charge is 0.294 e. The number of Topliss-reactive ketones (excluding diaryl/α,β-unsaturated/α-hetero) is 1. The molecule has 0 spiro atoms. The fraction of sp³-hybridized carbons (Fsp3) is 0.333. The Morgan fingerprint density at radius 2 is 1.86 bits per heavy atom. The van der Waals surface area contributed by atoms with Gasteiger partial charge in [-0.1, -0.05) is 6.92 Å². The first-order valence-corrected chi connectivity index (χ1v) is 6.64. The Bertz CT molecular complexity index is 686. The van der Waals surface area contributed by atoms with E-state index in [9.17, 15) is 18.0 Å². The van der Waals surface area contributed by atoms with Gasteiger partial charge in [-0.25, -0.2) is 4.68 Å². The number of alkyl halides is 3. The van der Waals surface area contributed by atoms with Crippen LogP contribution in [0.3, 0.4) is 0 Å². The predicted molar refractivity (Wildman–Crippen MR) is 70.4 cm³/mol. The maximum Gasteiger partial charge on any atom is 0.416 e. The van der Waals surface area contributed by atoms with E-state index >= 15 is 0 Å². The summed E-state index contributed by atoms with van der Waals surface area (Å²) in [5.41, 5.74) is 1.19. The lowest BCUT2D eigenvalue weighted by atomic mass is 9.88. The molecule has 1 aliphatic rings. The quantitative estimate of drug-likeness (QED) is 0.804. The van der Waals surface area contributed by atoms with Crippen molar-refractivity contribution in [3.05, 3.63) is 47.3 Å². The van der Waals surface area contributed by atoms with Crippen LogP contribution in [-0.2, 0) is 12.6 Å². The van der Waals surface area contributed by atoms with Gasteiger partial charge in [0.25, 0.3) is 0 Å². The van der Waals surface area contributed by atoms with E-state index in [-0.39, 0.29) is 11.7 Å². The molecule has 0 fully saturated rings. The number of hydrogen-bond donors (Lipinski definition) is 0. The van der Waals surface area contributed by atoms with E-state index in [1.165, 1.54) is 18.3 Å². The van der Waals surface area contributed by atoms with Crippen LogP contribution in [0.4, 0.5) is 13.2 Å². The van der Waals surface area contributed by atoms with Gasteiger partial charge in [-0.2, -0.15) is 18.3 Å². The Morgan fingerprint density at radius 1 is 1.19 bits per heavy atom. The first-order chi connectivity index (χ1) is 9.86. The van der Waals surface area contributed by atoms with Gasteiger partial charge in [0.2, 0.25) is 0 Å². The molecule has 6 heteroatoms. The number of carbonyl (C=O) groups excluding carboxylic acids is 1. The van der Waals surface area contributed by atoms with E-state index in [2.05, 4.69) is 5.10 Å². The summed E-state index contributed by atoms with van der Waals surface area (Å²) < 4.78 is 39.3. The summed E-state index contributed by atoms with van der Waals surface area (Å²) >= 11 is 0. The number of ketones is 1. The van der Waals surface area contributed by atoms with Crippen LogP contribution < -0.4 is 0 Å². The Balaban J connectivity index is 2.01. The zero-order chi connectivity index (χ0) is 15.2. The molecule has 0 aliphatic heterocycles. The molecule has 2 aromatic rings. The van der Waals surface area contributed by atoms with Crippen LogP contribution in [0.1, 0.15) is 35.0 Å². The van der Waals surface area contributed by atoms with Crippen molar-refractivity contribution in [2.24, 2.45) is 5.92 Å². The zero-order valence-electron chi connectivity index (χ0n) is 11.3. The third kappa shape index (κ3) is 2.46. The summed E-state index contributed by atoms with van der Waals surface area (Å²) in [5.74, 6) is 0.261. The summed E-state index contributed by atoms with van der Waals surface area (Å²) in [5, 5.41) is 4.16. The standard InChI is InChI=1S/C15H13F3N2O/c1-9-6-13-12(14(21)7-9)8-19-20(13)11-4-2-10(3-5-11)15(16,17)18/h2-5,8-9H,6-7H2,1H3. The van der Waals surface area contributed by atoms with Crippen LogP contribution >= 0.6 is 0 Å². The lowest BCUT2D eigenvalue weighted by Gasteiger charge is -2.19. The predicted octanol–water partition coefficient (Wildman–Crippen LogP) is 3.66. The normalized spacial score (nSPS) is 18.7. The molecule has 110 valence electrons. The Morgan fingerprint density at radius 3 is 2.48 bits per heavy atom. The van der Waals surface area contributed by atoms with Gasteiger partial charge >= 0.3 is 6.18 Å². The molecule has 1 heterocycles. The molecule has 1 aromatic heterocycles. The van der Waals surface area contributed by atoms with Gasteiger partial charge in [0.05, 0.1) is 28.7 Å². The molecule has 3 rings (SSSR count). The highest BCUT2D eigenvalue weighted by molar-refractivity contribution is 5.98. The Labute approximate surface area is 119 Å². The number of aromatic nitrogens is 2. The molecule has 0 amide bonds. The van der Waals surface area contributed by atoms with E-state index in [1.807, 2.05) is 6.92 Å². The Hall–Kier alpha value is -2.11. The molecule has 1 aliphatic carbocycles. The lowest BCUT2D eigenvalue weighted by Crippen LogP contribution is -2.19. The lowest BCUT2D eigenvalue weighted by molar-refractivity contribution is -0.137. The molecule has 1 atom stereocenters. The summed E-state index contributed by atoms with van der Waals surface area (Å²) in [4.78, 5) is 11.9. The molecule has 0 bridgehead atoms. The molecule has 3 nitrogen and oxygen atoms in total. The molecule has 21 heavy (non-hydrogen) atoms. The minimum Gasteiger partial charge on any atom is -0.294 e. The topological polar surface area (TPSA) is 34.9 Å². The van der Waals surface area contributed by atoms with E-state index in [4.69, 9.17) is 0 Å². The van der Waals surface area contributed by atoms with E-state index in [0.717, 1.165) is 17.8 Å². The minimum atomic E-state index is -4.35. The van der Waals surface area contributed by atoms with E-state index < -0.39 is 11.7 Å². The highest BCUT2D eigenvalue weighted by atomic mass is 19.4. The fourth-order valence-electron chi connectivity index (χ4n) is 2.65. The summed E-state index contributed by atoms with van der Waals surface area (Å²) in [6, 6.07) is 4.80. The second-order valence-corrected chi connectivity index (χ2v) is 5.40. The average Bonchev–Trinajstić information content (AvgIpc) is 2.82. The Kier molecular flexibility index (Phi) is 3.11. The number of fused-ring (bicyclic) bond motifs is 1. The second kappa shape index (κ2) is 4.72. The number of nitrogens with zero attached hydrogens (tertiary/aromatic N) is 2. The maximum absolute atomic E-state index is 12.6. The van der Waals surface area contributed by atoms with Crippen LogP contribution in [0.2, 0.25) is 0 Å². The molecule has 0 saturated carbocycles. The third-order valence-electron chi connectivity index (χ3n) is 3.68. The van der Waals surface area contributed by atoms with Gasteiger partial charge < -0.3 is 0 Å². The van der Waals surface area contributed by atoms with Gasteiger partial charge in [0, 0.05) is 6.42 Å². The average molecular weight is 294 g/mol. The highest BCUT2D eigenvalue weighted by Crippen LogP contribution is 2.31. The summed E-state index contributed by atoms with van der Waals surface area (Å²) in [6.45, 7) is 1.98. The molecule has 0 radical (unpaired) electrons. The van der Waals surface area contributed by atoms with Crippen LogP contribution in [0.15, 0.2) is 30.5 Å². The molecule has 1 aromatic carbocycles. The van der Waals surface area contributed by atoms with Crippen molar-refractivity contribution in [1.29, 1.82) is 0 Å². The number of rotatable bonds is 1. The van der Waals surface area contributed by atoms with E-state index in [1.54, 1.807) is 4.68 Å². The van der Waals surface area contributed by atoms with Crippen LogP contribution in [-0.4, -0.2) is 15.6 Å². The van der Waals surface area contributed by atoms with Crippen LogP contribution in [0, 0.1) is 5.92 Å². The van der Waals surface area contributed by atoms with Gasteiger partial charge in [0.1, 0.15) is 0 Å². The number of halogens is 3. The van der Waals surface area contributed by atoms with Crippen LogP contribution in [0.25, 0.3) is 5.69 Å². The van der Waals surface area contributed by atoms with Crippen molar-refractivity contribution < 1.29 is 18.0 Å². The van der Waals surface area contributed by atoms with Crippen molar-refractivity contribution in [3.8, 4) is 5.69 Å². The van der Waals surface area contributed by atoms with Crippen molar-refractivity contribution in [3.63, 3.8) is 0 Å². The minimum absolute atomic E-state index is 0.0434.